The van der Waals surface area contributed by atoms with Gasteiger partial charge in [0, 0.05) is 16.9 Å². The lowest BCUT2D eigenvalue weighted by Gasteiger charge is -2.06. The monoisotopic (exact) mass is 250 g/mol. The Morgan fingerprint density at radius 1 is 1.05 bits per heavy atom. The lowest BCUT2D eigenvalue weighted by molar-refractivity contribution is -0.117. The first-order valence-electron chi connectivity index (χ1n) is 5.93. The van der Waals surface area contributed by atoms with E-state index < -0.39 is 5.91 Å². The highest BCUT2D eigenvalue weighted by Crippen LogP contribution is 2.16. The molecule has 2 aromatic rings. The number of hydrogen-bond donors (Lipinski definition) is 2. The second kappa shape index (κ2) is 6.27. The van der Waals surface area contributed by atoms with Gasteiger partial charge in [-0.3, -0.25) is 4.79 Å². The smallest absolute Gasteiger partial charge is 0.229 e. The van der Waals surface area contributed by atoms with E-state index in [4.69, 9.17) is 5.73 Å². The van der Waals surface area contributed by atoms with Gasteiger partial charge in [0.2, 0.25) is 5.91 Å². The van der Waals surface area contributed by atoms with Crippen molar-refractivity contribution in [3.05, 3.63) is 60.2 Å². The van der Waals surface area contributed by atoms with Gasteiger partial charge in [-0.2, -0.15) is 0 Å². The zero-order valence-corrected chi connectivity index (χ0v) is 10.4. The van der Waals surface area contributed by atoms with Crippen molar-refractivity contribution in [1.82, 2.24) is 0 Å². The van der Waals surface area contributed by atoms with Crippen molar-refractivity contribution in [1.29, 1.82) is 0 Å². The summed E-state index contributed by atoms with van der Waals surface area (Å²) < 4.78 is 0. The third kappa shape index (κ3) is 4.21. The Hall–Kier alpha value is -2.73. The van der Waals surface area contributed by atoms with E-state index in [0.29, 0.717) is 0 Å². The molecule has 0 fully saturated rings. The summed E-state index contributed by atoms with van der Waals surface area (Å²) in [7, 11) is 0. The Labute approximate surface area is 112 Å². The molecule has 0 spiro atoms. The maximum absolute atomic E-state index is 10.6. The average Bonchev–Trinajstić information content (AvgIpc) is 2.40. The van der Waals surface area contributed by atoms with Crippen molar-refractivity contribution in [2.24, 2.45) is 5.73 Å². The van der Waals surface area contributed by atoms with Gasteiger partial charge in [-0.1, -0.05) is 36.1 Å². The molecule has 0 bridgehead atoms. The number of benzene rings is 2. The van der Waals surface area contributed by atoms with E-state index in [1.165, 1.54) is 0 Å². The molecule has 3 N–H and O–H groups in total. The predicted molar refractivity (Wildman–Crippen MR) is 76.9 cm³/mol. The van der Waals surface area contributed by atoms with Crippen molar-refractivity contribution in [2.75, 3.05) is 5.32 Å². The second-order valence-electron chi connectivity index (χ2n) is 4.02. The summed E-state index contributed by atoms with van der Waals surface area (Å²) in [5.74, 6) is 5.24. The minimum Gasteiger partial charge on any atom is -0.369 e. The number of para-hydroxylation sites is 1. The minimum atomic E-state index is -0.411. The molecule has 0 saturated heterocycles. The molecule has 94 valence electrons. The van der Waals surface area contributed by atoms with Gasteiger partial charge in [0.05, 0.1) is 6.42 Å². The molecule has 19 heavy (non-hydrogen) atoms. The highest BCUT2D eigenvalue weighted by molar-refractivity contribution is 5.76. The van der Waals surface area contributed by atoms with Crippen molar-refractivity contribution in [3.63, 3.8) is 0 Å². The molecule has 0 aliphatic heterocycles. The van der Waals surface area contributed by atoms with E-state index in [1.807, 2.05) is 54.6 Å². The number of primary amides is 1. The molecule has 0 unspecified atom stereocenters. The Morgan fingerprint density at radius 3 is 2.53 bits per heavy atom. The summed E-state index contributed by atoms with van der Waals surface area (Å²) >= 11 is 0. The molecule has 3 nitrogen and oxygen atoms in total. The van der Waals surface area contributed by atoms with E-state index in [2.05, 4.69) is 17.2 Å². The van der Waals surface area contributed by atoms with Crippen LogP contribution in [0.15, 0.2) is 54.6 Å². The Kier molecular flexibility index (Phi) is 4.20. The molecular formula is C16H14N2O. The fourth-order valence-electron chi connectivity index (χ4n) is 1.60. The van der Waals surface area contributed by atoms with Crippen molar-refractivity contribution < 1.29 is 4.79 Å². The molecule has 3 heteroatoms. The van der Waals surface area contributed by atoms with Crippen LogP contribution >= 0.6 is 0 Å². The number of nitrogens with two attached hydrogens (primary N) is 1. The van der Waals surface area contributed by atoms with Crippen LogP contribution in [0.2, 0.25) is 0 Å². The van der Waals surface area contributed by atoms with Crippen LogP contribution in [0.1, 0.15) is 12.0 Å². The van der Waals surface area contributed by atoms with Crippen LogP contribution in [0.3, 0.4) is 0 Å². The number of amides is 1. The number of carbonyl (C=O) groups is 1. The highest BCUT2D eigenvalue weighted by Gasteiger charge is 1.95. The van der Waals surface area contributed by atoms with Gasteiger partial charge in [0.1, 0.15) is 0 Å². The fourth-order valence-corrected chi connectivity index (χ4v) is 1.60. The van der Waals surface area contributed by atoms with E-state index in [1.54, 1.807) is 0 Å². The van der Waals surface area contributed by atoms with Gasteiger partial charge in [-0.25, -0.2) is 0 Å². The molecule has 0 heterocycles. The molecule has 2 aromatic carbocycles. The number of anilines is 2. The predicted octanol–water partition coefficient (Wildman–Crippen LogP) is 2.66. The van der Waals surface area contributed by atoms with E-state index in [0.717, 1.165) is 16.9 Å². The largest absolute Gasteiger partial charge is 0.369 e. The van der Waals surface area contributed by atoms with Crippen molar-refractivity contribution >= 4 is 17.3 Å². The first-order valence-corrected chi connectivity index (χ1v) is 5.93. The van der Waals surface area contributed by atoms with Gasteiger partial charge < -0.3 is 11.1 Å². The summed E-state index contributed by atoms with van der Waals surface area (Å²) in [4.78, 5) is 10.6. The van der Waals surface area contributed by atoms with Gasteiger partial charge in [-0.15, -0.1) is 0 Å². The normalized spacial score (nSPS) is 9.26. The van der Waals surface area contributed by atoms with Gasteiger partial charge >= 0.3 is 0 Å². The van der Waals surface area contributed by atoms with Crippen LogP contribution in [0.25, 0.3) is 0 Å². The second-order valence-corrected chi connectivity index (χ2v) is 4.02. The van der Waals surface area contributed by atoms with Crippen LogP contribution in [-0.4, -0.2) is 5.91 Å². The van der Waals surface area contributed by atoms with Crippen molar-refractivity contribution in [2.45, 2.75) is 6.42 Å². The summed E-state index contributed by atoms with van der Waals surface area (Å²) in [6.45, 7) is 0. The Balaban J connectivity index is 2.10. The van der Waals surface area contributed by atoms with Crippen LogP contribution in [0.5, 0.6) is 0 Å². The molecule has 0 aromatic heterocycles. The summed E-state index contributed by atoms with van der Waals surface area (Å²) in [5, 5.41) is 3.28. The Morgan fingerprint density at radius 2 is 1.79 bits per heavy atom. The quantitative estimate of drug-likeness (QED) is 0.823. The van der Waals surface area contributed by atoms with Crippen LogP contribution in [0.4, 0.5) is 11.4 Å². The van der Waals surface area contributed by atoms with E-state index in [-0.39, 0.29) is 6.42 Å². The van der Waals surface area contributed by atoms with Gasteiger partial charge in [0.15, 0.2) is 0 Å². The third-order valence-corrected chi connectivity index (χ3v) is 2.42. The number of carbonyl (C=O) groups excluding carboxylic acids is 1. The van der Waals surface area contributed by atoms with Crippen LogP contribution in [-0.2, 0) is 4.79 Å². The van der Waals surface area contributed by atoms with Gasteiger partial charge in [-0.05, 0) is 30.3 Å². The standard InChI is InChI=1S/C16H14N2O/c17-16(19)11-5-7-13-6-4-10-15(12-13)18-14-8-2-1-3-9-14/h1-4,6,8-10,12,18H,11H2,(H2,17,19). The zero-order chi connectivity index (χ0) is 13.5. The molecule has 0 aliphatic carbocycles. The van der Waals surface area contributed by atoms with Gasteiger partial charge in [0.25, 0.3) is 0 Å². The lowest BCUT2D eigenvalue weighted by atomic mass is 10.2. The number of hydrogen-bond acceptors (Lipinski definition) is 2. The molecule has 2 rings (SSSR count). The SMILES string of the molecule is NC(=O)CC#Cc1cccc(Nc2ccccc2)c1. The summed E-state index contributed by atoms with van der Waals surface area (Å²) in [6.07, 6.45) is 0.0797. The molecule has 1 amide bonds. The highest BCUT2D eigenvalue weighted by atomic mass is 16.1. The summed E-state index contributed by atoms with van der Waals surface area (Å²) in [5.41, 5.74) is 7.86. The lowest BCUT2D eigenvalue weighted by Crippen LogP contribution is -2.08. The minimum absolute atomic E-state index is 0.0797. The number of rotatable bonds is 3. The third-order valence-electron chi connectivity index (χ3n) is 2.42. The fraction of sp³-hybridized carbons (Fsp3) is 0.0625. The average molecular weight is 250 g/mol. The first-order chi connectivity index (χ1) is 9.24. The maximum Gasteiger partial charge on any atom is 0.229 e. The van der Waals surface area contributed by atoms with E-state index >= 15 is 0 Å². The molecule has 0 atom stereocenters. The number of nitrogens with one attached hydrogen (secondary N) is 1. The topological polar surface area (TPSA) is 55.1 Å². The maximum atomic E-state index is 10.6. The van der Waals surface area contributed by atoms with Crippen LogP contribution in [0, 0.1) is 11.8 Å². The zero-order valence-electron chi connectivity index (χ0n) is 10.4. The first kappa shape index (κ1) is 12.7. The molecule has 0 saturated carbocycles. The summed E-state index contributed by atoms with van der Waals surface area (Å²) in [6, 6.07) is 17.6. The Bertz CT molecular complexity index is 624. The molecule has 0 aliphatic rings. The molecule has 0 radical (unpaired) electrons. The van der Waals surface area contributed by atoms with E-state index in [9.17, 15) is 4.79 Å². The van der Waals surface area contributed by atoms with Crippen LogP contribution < -0.4 is 11.1 Å². The molecular weight excluding hydrogens is 236 g/mol. The van der Waals surface area contributed by atoms with Crippen molar-refractivity contribution in [3.8, 4) is 11.8 Å².